The Labute approximate surface area is 105 Å². The molecule has 0 amide bonds. The molecule has 0 saturated heterocycles. The van der Waals surface area contributed by atoms with Crippen LogP contribution in [-0.2, 0) is 0 Å². The minimum Gasteiger partial charge on any atom is -0.469 e. The zero-order valence-corrected chi connectivity index (χ0v) is 11.2. The third-order valence-electron chi connectivity index (χ3n) is 3.90. The molecule has 0 bridgehead atoms. The monoisotopic (exact) mass is 235 g/mol. The van der Waals surface area contributed by atoms with Crippen LogP contribution in [0.25, 0.3) is 0 Å². The van der Waals surface area contributed by atoms with E-state index in [1.807, 2.05) is 13.2 Å². The smallest absolute Gasteiger partial charge is 0.101 e. The van der Waals surface area contributed by atoms with Gasteiger partial charge in [0.1, 0.15) is 5.76 Å². The van der Waals surface area contributed by atoms with E-state index in [1.54, 1.807) is 0 Å². The van der Waals surface area contributed by atoms with Gasteiger partial charge in [-0.25, -0.2) is 0 Å². The Morgan fingerprint density at radius 2 is 2.12 bits per heavy atom. The average molecular weight is 235 g/mol. The summed E-state index contributed by atoms with van der Waals surface area (Å²) in [4.78, 5) is 0. The molecular formula is C15H25NO. The highest BCUT2D eigenvalue weighted by molar-refractivity contribution is 5.16. The number of hydrogen-bond acceptors (Lipinski definition) is 2. The lowest BCUT2D eigenvalue weighted by Gasteiger charge is -2.26. The predicted molar refractivity (Wildman–Crippen MR) is 71.1 cm³/mol. The standard InChI is InChI=1S/C15H25NO/c1-3-16-15(14-9-12(2)17-11-14)10-13-7-5-4-6-8-13/h9,11,13,15-16H,3-8,10H2,1-2H3. The van der Waals surface area contributed by atoms with Crippen LogP contribution in [0.1, 0.15) is 62.8 Å². The van der Waals surface area contributed by atoms with Gasteiger partial charge in [0.25, 0.3) is 0 Å². The highest BCUT2D eigenvalue weighted by Gasteiger charge is 2.20. The molecule has 96 valence electrons. The fraction of sp³-hybridized carbons (Fsp3) is 0.733. The Morgan fingerprint density at radius 1 is 1.35 bits per heavy atom. The van der Waals surface area contributed by atoms with Gasteiger partial charge in [0.05, 0.1) is 6.26 Å². The van der Waals surface area contributed by atoms with Gasteiger partial charge in [-0.3, -0.25) is 0 Å². The minimum atomic E-state index is 0.487. The summed E-state index contributed by atoms with van der Waals surface area (Å²) in [7, 11) is 0. The predicted octanol–water partition coefficient (Wildman–Crippen LogP) is 4.21. The van der Waals surface area contributed by atoms with Crippen LogP contribution in [0, 0.1) is 12.8 Å². The quantitative estimate of drug-likeness (QED) is 0.827. The molecule has 1 atom stereocenters. The first-order valence-electron chi connectivity index (χ1n) is 7.08. The highest BCUT2D eigenvalue weighted by atomic mass is 16.3. The summed E-state index contributed by atoms with van der Waals surface area (Å²) in [6, 6.07) is 2.66. The maximum atomic E-state index is 5.44. The molecule has 2 nitrogen and oxygen atoms in total. The van der Waals surface area contributed by atoms with E-state index in [1.165, 1.54) is 44.1 Å². The molecule has 1 aromatic heterocycles. The Morgan fingerprint density at radius 3 is 2.71 bits per heavy atom. The van der Waals surface area contributed by atoms with Crippen molar-refractivity contribution in [3.05, 3.63) is 23.7 Å². The number of aryl methyl sites for hydroxylation is 1. The van der Waals surface area contributed by atoms with Crippen molar-refractivity contribution in [1.82, 2.24) is 5.32 Å². The highest BCUT2D eigenvalue weighted by Crippen LogP contribution is 2.32. The van der Waals surface area contributed by atoms with Crippen LogP contribution < -0.4 is 5.32 Å². The lowest BCUT2D eigenvalue weighted by molar-refractivity contribution is 0.301. The van der Waals surface area contributed by atoms with Gasteiger partial charge in [0, 0.05) is 11.6 Å². The molecule has 17 heavy (non-hydrogen) atoms. The molecule has 1 N–H and O–H groups in total. The van der Waals surface area contributed by atoms with Crippen LogP contribution in [0.4, 0.5) is 0 Å². The fourth-order valence-electron chi connectivity index (χ4n) is 2.99. The van der Waals surface area contributed by atoms with Gasteiger partial charge in [-0.1, -0.05) is 39.0 Å². The van der Waals surface area contributed by atoms with Crippen LogP contribution in [0.3, 0.4) is 0 Å². The van der Waals surface area contributed by atoms with E-state index in [0.29, 0.717) is 6.04 Å². The molecule has 2 heteroatoms. The first-order valence-corrected chi connectivity index (χ1v) is 7.08. The van der Waals surface area contributed by atoms with Gasteiger partial charge in [-0.05, 0) is 31.9 Å². The normalized spacial score (nSPS) is 19.4. The molecule has 1 unspecified atom stereocenters. The van der Waals surface area contributed by atoms with Gasteiger partial charge in [0.2, 0.25) is 0 Å². The number of rotatable bonds is 5. The Balaban J connectivity index is 1.96. The van der Waals surface area contributed by atoms with E-state index in [2.05, 4.69) is 18.3 Å². The summed E-state index contributed by atoms with van der Waals surface area (Å²) in [6.07, 6.45) is 10.3. The van der Waals surface area contributed by atoms with E-state index in [-0.39, 0.29) is 0 Å². The third kappa shape index (κ3) is 3.60. The van der Waals surface area contributed by atoms with E-state index >= 15 is 0 Å². The van der Waals surface area contributed by atoms with Crippen molar-refractivity contribution in [2.45, 2.75) is 58.4 Å². The zero-order chi connectivity index (χ0) is 12.1. The van der Waals surface area contributed by atoms with Crippen molar-refractivity contribution in [3.63, 3.8) is 0 Å². The van der Waals surface area contributed by atoms with E-state index in [4.69, 9.17) is 4.42 Å². The topological polar surface area (TPSA) is 25.2 Å². The lowest BCUT2D eigenvalue weighted by atomic mass is 9.83. The van der Waals surface area contributed by atoms with Crippen molar-refractivity contribution < 1.29 is 4.42 Å². The van der Waals surface area contributed by atoms with Crippen molar-refractivity contribution in [2.24, 2.45) is 5.92 Å². The van der Waals surface area contributed by atoms with Crippen molar-refractivity contribution >= 4 is 0 Å². The second kappa shape index (κ2) is 6.25. The molecule has 0 aliphatic heterocycles. The van der Waals surface area contributed by atoms with Gasteiger partial charge < -0.3 is 9.73 Å². The van der Waals surface area contributed by atoms with Crippen LogP contribution in [0.5, 0.6) is 0 Å². The summed E-state index contributed by atoms with van der Waals surface area (Å²) in [6.45, 7) is 5.23. The second-order valence-corrected chi connectivity index (χ2v) is 5.34. The Hall–Kier alpha value is -0.760. The van der Waals surface area contributed by atoms with Crippen molar-refractivity contribution in [2.75, 3.05) is 6.54 Å². The number of nitrogens with one attached hydrogen (secondary N) is 1. The van der Waals surface area contributed by atoms with E-state index < -0.39 is 0 Å². The van der Waals surface area contributed by atoms with Gasteiger partial charge >= 0.3 is 0 Å². The molecule has 1 fully saturated rings. The molecule has 1 heterocycles. The van der Waals surface area contributed by atoms with Gasteiger partial charge in [-0.2, -0.15) is 0 Å². The molecule has 0 spiro atoms. The summed E-state index contributed by atoms with van der Waals surface area (Å²) in [5.41, 5.74) is 1.33. The molecule has 1 aliphatic carbocycles. The van der Waals surface area contributed by atoms with Crippen LogP contribution in [0.15, 0.2) is 16.7 Å². The third-order valence-corrected chi connectivity index (χ3v) is 3.90. The van der Waals surface area contributed by atoms with Crippen LogP contribution in [0.2, 0.25) is 0 Å². The van der Waals surface area contributed by atoms with Crippen molar-refractivity contribution in [3.8, 4) is 0 Å². The van der Waals surface area contributed by atoms with Crippen LogP contribution in [-0.4, -0.2) is 6.54 Å². The Bertz CT molecular complexity index is 325. The largest absolute Gasteiger partial charge is 0.469 e. The minimum absolute atomic E-state index is 0.487. The van der Waals surface area contributed by atoms with Gasteiger partial charge in [0.15, 0.2) is 0 Å². The summed E-state index contributed by atoms with van der Waals surface area (Å²) < 4.78 is 5.44. The van der Waals surface area contributed by atoms with Crippen LogP contribution >= 0.6 is 0 Å². The van der Waals surface area contributed by atoms with E-state index in [0.717, 1.165) is 18.2 Å². The second-order valence-electron chi connectivity index (χ2n) is 5.34. The molecular weight excluding hydrogens is 210 g/mol. The summed E-state index contributed by atoms with van der Waals surface area (Å²) >= 11 is 0. The first kappa shape index (κ1) is 12.7. The summed E-state index contributed by atoms with van der Waals surface area (Å²) in [5.74, 6) is 1.93. The fourth-order valence-corrected chi connectivity index (χ4v) is 2.99. The average Bonchev–Trinajstić information content (AvgIpc) is 2.77. The summed E-state index contributed by atoms with van der Waals surface area (Å²) in [5, 5.41) is 3.60. The molecule has 1 saturated carbocycles. The lowest BCUT2D eigenvalue weighted by Crippen LogP contribution is -2.24. The maximum absolute atomic E-state index is 5.44. The molecule has 1 aliphatic rings. The number of hydrogen-bond donors (Lipinski definition) is 1. The Kier molecular flexibility index (Phi) is 4.66. The molecule has 0 aromatic carbocycles. The number of furan rings is 1. The SMILES string of the molecule is CCNC(CC1CCCCC1)c1coc(C)c1. The van der Waals surface area contributed by atoms with E-state index in [9.17, 15) is 0 Å². The first-order chi connectivity index (χ1) is 8.29. The molecule has 1 aromatic rings. The maximum Gasteiger partial charge on any atom is 0.101 e. The van der Waals surface area contributed by atoms with Gasteiger partial charge in [-0.15, -0.1) is 0 Å². The zero-order valence-electron chi connectivity index (χ0n) is 11.2. The van der Waals surface area contributed by atoms with Crippen molar-refractivity contribution in [1.29, 1.82) is 0 Å². The molecule has 0 radical (unpaired) electrons. The molecule has 2 rings (SSSR count).